The molecule has 22 heavy (non-hydrogen) atoms. The van der Waals surface area contributed by atoms with Crippen LogP contribution in [-0.2, 0) is 20.3 Å². The van der Waals surface area contributed by atoms with E-state index in [1.54, 1.807) is 16.2 Å². The van der Waals surface area contributed by atoms with Gasteiger partial charge < -0.3 is 4.90 Å². The van der Waals surface area contributed by atoms with Crippen LogP contribution in [0.25, 0.3) is 10.1 Å². The van der Waals surface area contributed by atoms with Crippen molar-refractivity contribution in [3.63, 3.8) is 0 Å². The minimum atomic E-state index is -3.55. The van der Waals surface area contributed by atoms with E-state index in [0.29, 0.717) is 13.1 Å². The second kappa shape index (κ2) is 6.18. The number of thiophene rings is 1. The average Bonchev–Trinajstić information content (AvgIpc) is 2.98. The summed E-state index contributed by atoms with van der Waals surface area (Å²) in [6.07, 6.45) is 1.06. The van der Waals surface area contributed by atoms with Crippen molar-refractivity contribution in [2.75, 3.05) is 18.8 Å². The van der Waals surface area contributed by atoms with Gasteiger partial charge in [-0.1, -0.05) is 18.2 Å². The standard InChI is InChI=1S/C15H16ClNO3S2/c16-22(19,20)10-11-7-15(18)17(8-11)6-5-12-9-21-14-4-2-1-3-13(12)14/h1-4,9,11H,5-8,10H2. The third-order valence-corrected chi connectivity index (χ3v) is 6.20. The lowest BCUT2D eigenvalue weighted by Crippen LogP contribution is -2.28. The molecule has 1 unspecified atom stereocenters. The number of fused-ring (bicyclic) bond motifs is 1. The SMILES string of the molecule is O=C1CC(CS(=O)(=O)Cl)CN1CCc1csc2ccccc12. The molecule has 1 aliphatic heterocycles. The zero-order valence-corrected chi connectivity index (χ0v) is 14.3. The van der Waals surface area contributed by atoms with Crippen LogP contribution in [0.15, 0.2) is 29.6 Å². The molecule has 0 bridgehead atoms. The second-order valence-electron chi connectivity index (χ2n) is 5.62. The zero-order valence-electron chi connectivity index (χ0n) is 11.9. The fourth-order valence-corrected chi connectivity index (χ4v) is 5.26. The van der Waals surface area contributed by atoms with Crippen LogP contribution in [0.3, 0.4) is 0 Å². The summed E-state index contributed by atoms with van der Waals surface area (Å²) in [7, 11) is 1.73. The lowest BCUT2D eigenvalue weighted by Gasteiger charge is -2.16. The summed E-state index contributed by atoms with van der Waals surface area (Å²) in [5, 5.41) is 3.37. The number of benzene rings is 1. The molecule has 4 nitrogen and oxygen atoms in total. The maximum atomic E-state index is 12.0. The number of carbonyl (C=O) groups excluding carboxylic acids is 1. The van der Waals surface area contributed by atoms with Crippen molar-refractivity contribution in [1.29, 1.82) is 0 Å². The number of carbonyl (C=O) groups is 1. The maximum Gasteiger partial charge on any atom is 0.232 e. The molecule has 0 radical (unpaired) electrons. The van der Waals surface area contributed by atoms with Gasteiger partial charge in [0.2, 0.25) is 15.0 Å². The van der Waals surface area contributed by atoms with Crippen molar-refractivity contribution in [1.82, 2.24) is 4.90 Å². The summed E-state index contributed by atoms with van der Waals surface area (Å²) in [5.74, 6) is -0.294. The van der Waals surface area contributed by atoms with Gasteiger partial charge in [-0.2, -0.15) is 0 Å². The Hall–Kier alpha value is -1.11. The summed E-state index contributed by atoms with van der Waals surface area (Å²) in [6, 6.07) is 8.21. The van der Waals surface area contributed by atoms with Crippen molar-refractivity contribution in [2.24, 2.45) is 5.92 Å². The number of amides is 1. The Morgan fingerprint density at radius 2 is 2.09 bits per heavy atom. The van der Waals surface area contributed by atoms with Crippen LogP contribution in [-0.4, -0.2) is 38.1 Å². The molecule has 1 aliphatic rings. The van der Waals surface area contributed by atoms with E-state index in [2.05, 4.69) is 17.5 Å². The molecule has 7 heteroatoms. The van der Waals surface area contributed by atoms with E-state index in [9.17, 15) is 13.2 Å². The quantitative estimate of drug-likeness (QED) is 0.773. The van der Waals surface area contributed by atoms with Crippen LogP contribution in [0.1, 0.15) is 12.0 Å². The molecule has 1 atom stereocenters. The number of rotatable bonds is 5. The molecule has 1 amide bonds. The molecule has 0 saturated carbocycles. The molecule has 0 N–H and O–H groups in total. The second-order valence-corrected chi connectivity index (χ2v) is 9.36. The fourth-order valence-electron chi connectivity index (χ4n) is 2.95. The van der Waals surface area contributed by atoms with E-state index in [0.717, 1.165) is 6.42 Å². The number of likely N-dealkylation sites (tertiary alicyclic amines) is 1. The van der Waals surface area contributed by atoms with Gasteiger partial charge in [0.15, 0.2) is 0 Å². The smallest absolute Gasteiger partial charge is 0.232 e. The van der Waals surface area contributed by atoms with Crippen molar-refractivity contribution in [3.05, 3.63) is 35.2 Å². The molecule has 1 saturated heterocycles. The van der Waals surface area contributed by atoms with Gasteiger partial charge in [0.05, 0.1) is 5.75 Å². The minimum Gasteiger partial charge on any atom is -0.342 e. The monoisotopic (exact) mass is 357 g/mol. The molecule has 118 valence electrons. The molecular formula is C15H16ClNO3S2. The molecule has 3 rings (SSSR count). The summed E-state index contributed by atoms with van der Waals surface area (Å²) in [6.45, 7) is 1.10. The van der Waals surface area contributed by atoms with Gasteiger partial charge in [0, 0.05) is 40.8 Å². The molecule has 1 aromatic carbocycles. The number of nitrogens with zero attached hydrogens (tertiary/aromatic N) is 1. The third kappa shape index (κ3) is 3.62. The van der Waals surface area contributed by atoms with E-state index in [1.807, 2.05) is 12.1 Å². The van der Waals surface area contributed by atoms with E-state index in [1.165, 1.54) is 15.6 Å². The fraction of sp³-hybridized carbons (Fsp3) is 0.400. The Morgan fingerprint density at radius 3 is 2.86 bits per heavy atom. The summed E-state index contributed by atoms with van der Waals surface area (Å²) in [4.78, 5) is 13.7. The van der Waals surface area contributed by atoms with Crippen molar-refractivity contribution in [3.8, 4) is 0 Å². The van der Waals surface area contributed by atoms with Crippen molar-refractivity contribution < 1.29 is 13.2 Å². The van der Waals surface area contributed by atoms with Gasteiger partial charge in [0.25, 0.3) is 0 Å². The largest absolute Gasteiger partial charge is 0.342 e. The number of hydrogen-bond acceptors (Lipinski definition) is 4. The lowest BCUT2D eigenvalue weighted by molar-refractivity contribution is -0.127. The highest BCUT2D eigenvalue weighted by molar-refractivity contribution is 8.13. The first-order valence-electron chi connectivity index (χ1n) is 7.07. The number of halogens is 1. The highest BCUT2D eigenvalue weighted by atomic mass is 35.7. The lowest BCUT2D eigenvalue weighted by atomic mass is 10.1. The average molecular weight is 358 g/mol. The first kappa shape index (κ1) is 15.8. The van der Waals surface area contributed by atoms with Crippen molar-refractivity contribution >= 4 is 47.1 Å². The summed E-state index contributed by atoms with van der Waals surface area (Å²) in [5.41, 5.74) is 1.24. The summed E-state index contributed by atoms with van der Waals surface area (Å²) >= 11 is 1.71. The van der Waals surface area contributed by atoms with Crippen LogP contribution < -0.4 is 0 Å². The number of hydrogen-bond donors (Lipinski definition) is 0. The third-order valence-electron chi connectivity index (χ3n) is 3.94. The first-order valence-corrected chi connectivity index (χ1v) is 10.4. The van der Waals surface area contributed by atoms with E-state index >= 15 is 0 Å². The van der Waals surface area contributed by atoms with Crippen LogP contribution in [0.2, 0.25) is 0 Å². The highest BCUT2D eigenvalue weighted by Crippen LogP contribution is 2.27. The van der Waals surface area contributed by atoms with Gasteiger partial charge in [-0.25, -0.2) is 8.42 Å². The van der Waals surface area contributed by atoms with Gasteiger partial charge >= 0.3 is 0 Å². The van der Waals surface area contributed by atoms with Gasteiger partial charge in [-0.3, -0.25) is 4.79 Å². The minimum absolute atomic E-state index is 0.0184. The molecule has 0 aliphatic carbocycles. The topological polar surface area (TPSA) is 54.5 Å². The Morgan fingerprint density at radius 1 is 1.32 bits per heavy atom. The molecule has 1 fully saturated rings. The van der Waals surface area contributed by atoms with E-state index in [4.69, 9.17) is 10.7 Å². The molecule has 1 aromatic heterocycles. The van der Waals surface area contributed by atoms with Gasteiger partial charge in [-0.15, -0.1) is 11.3 Å². The predicted octanol–water partition coefficient (Wildman–Crippen LogP) is 2.86. The Balaban J connectivity index is 1.63. The van der Waals surface area contributed by atoms with Crippen LogP contribution in [0.5, 0.6) is 0 Å². The Bertz CT molecular complexity index is 800. The van der Waals surface area contributed by atoms with Crippen LogP contribution in [0.4, 0.5) is 0 Å². The normalized spacial score (nSPS) is 19.2. The molecule has 0 spiro atoms. The maximum absolute atomic E-state index is 12.0. The van der Waals surface area contributed by atoms with E-state index < -0.39 is 9.05 Å². The molecule has 2 aromatic rings. The Labute approximate surface area is 138 Å². The van der Waals surface area contributed by atoms with Crippen LogP contribution >= 0.6 is 22.0 Å². The molecule has 2 heterocycles. The Kier molecular flexibility index (Phi) is 4.43. The first-order chi connectivity index (χ1) is 10.4. The van der Waals surface area contributed by atoms with Gasteiger partial charge in [-0.05, 0) is 28.8 Å². The van der Waals surface area contributed by atoms with Gasteiger partial charge in [0.1, 0.15) is 0 Å². The zero-order chi connectivity index (χ0) is 15.7. The van der Waals surface area contributed by atoms with E-state index in [-0.39, 0.29) is 24.0 Å². The van der Waals surface area contributed by atoms with Crippen molar-refractivity contribution in [2.45, 2.75) is 12.8 Å². The highest BCUT2D eigenvalue weighted by Gasteiger charge is 2.32. The summed E-state index contributed by atoms with van der Waals surface area (Å²) < 4.78 is 23.5. The predicted molar refractivity (Wildman–Crippen MR) is 89.9 cm³/mol. The molecular weight excluding hydrogens is 342 g/mol. The van der Waals surface area contributed by atoms with Crippen LogP contribution in [0, 0.1) is 5.92 Å².